The lowest BCUT2D eigenvalue weighted by Gasteiger charge is -2.20. The molecule has 1 unspecified atom stereocenters. The zero-order chi connectivity index (χ0) is 13.9. The van der Waals surface area contributed by atoms with Crippen LogP contribution in [0.5, 0.6) is 0 Å². The molecule has 1 N–H and O–H groups in total. The summed E-state index contributed by atoms with van der Waals surface area (Å²) in [6.45, 7) is 2.94. The molecule has 0 spiro atoms. The Morgan fingerprint density at radius 2 is 2.05 bits per heavy atom. The van der Waals surface area contributed by atoms with Crippen molar-refractivity contribution in [3.8, 4) is 0 Å². The van der Waals surface area contributed by atoms with E-state index in [9.17, 15) is 5.11 Å². The largest absolute Gasteiger partial charge is 0.389 e. The molecule has 0 saturated heterocycles. The van der Waals surface area contributed by atoms with Gasteiger partial charge in [-0.15, -0.1) is 0 Å². The van der Waals surface area contributed by atoms with Gasteiger partial charge in [-0.2, -0.15) is 0 Å². The highest BCUT2D eigenvalue weighted by molar-refractivity contribution is 5.09. The maximum Gasteiger partial charge on any atom is 0.0900 e. The highest BCUT2D eigenvalue weighted by Crippen LogP contribution is 1.99. The molecule has 1 rings (SSSR count). The molecule has 0 radical (unpaired) electrons. The topological polar surface area (TPSA) is 54.8 Å². The van der Waals surface area contributed by atoms with Gasteiger partial charge in [0.15, 0.2) is 0 Å². The van der Waals surface area contributed by atoms with E-state index < -0.39 is 6.10 Å². The Morgan fingerprint density at radius 3 is 2.74 bits per heavy atom. The number of pyridine rings is 1. The Bertz CT molecular complexity index is 322. The van der Waals surface area contributed by atoms with Gasteiger partial charge >= 0.3 is 0 Å². The number of rotatable bonds is 10. The van der Waals surface area contributed by atoms with E-state index in [0.717, 1.165) is 13.0 Å². The number of aromatic nitrogens is 1. The summed E-state index contributed by atoms with van der Waals surface area (Å²) in [5, 5.41) is 9.80. The molecule has 1 atom stereocenters. The van der Waals surface area contributed by atoms with Gasteiger partial charge in [0.1, 0.15) is 0 Å². The zero-order valence-electron chi connectivity index (χ0n) is 11.8. The molecule has 0 aliphatic heterocycles. The quantitative estimate of drug-likeness (QED) is 0.629. The minimum absolute atomic E-state index is 0.350. The van der Waals surface area contributed by atoms with E-state index in [2.05, 4.69) is 9.88 Å². The molecule has 0 fully saturated rings. The number of nitrogens with zero attached hydrogens (tertiary/aromatic N) is 2. The fraction of sp³-hybridized carbons (Fsp3) is 0.643. The minimum Gasteiger partial charge on any atom is -0.389 e. The van der Waals surface area contributed by atoms with Crippen molar-refractivity contribution in [2.75, 3.05) is 47.1 Å². The third kappa shape index (κ3) is 7.89. The molecule has 1 aromatic heterocycles. The molecular weight excluding hydrogens is 244 g/mol. The van der Waals surface area contributed by atoms with Crippen molar-refractivity contribution in [2.24, 2.45) is 0 Å². The molecular formula is C14H24N2O3. The maximum absolute atomic E-state index is 9.80. The van der Waals surface area contributed by atoms with Gasteiger partial charge in [-0.3, -0.25) is 4.98 Å². The van der Waals surface area contributed by atoms with E-state index >= 15 is 0 Å². The molecule has 0 amide bonds. The molecule has 5 nitrogen and oxygen atoms in total. The summed E-state index contributed by atoms with van der Waals surface area (Å²) < 4.78 is 10.2. The standard InChI is InChI=1S/C14H24N2O3/c1-16(8-5-13-3-6-15-7-4-13)11-14(17)12-19-10-9-18-2/h3-4,6-7,14,17H,5,8-12H2,1-2H3. The Morgan fingerprint density at radius 1 is 1.32 bits per heavy atom. The minimum atomic E-state index is -0.459. The monoisotopic (exact) mass is 268 g/mol. The predicted molar refractivity (Wildman–Crippen MR) is 74.1 cm³/mol. The Kier molecular flexibility index (Phi) is 8.33. The van der Waals surface area contributed by atoms with Crippen molar-refractivity contribution in [1.82, 2.24) is 9.88 Å². The van der Waals surface area contributed by atoms with Crippen LogP contribution < -0.4 is 0 Å². The van der Waals surface area contributed by atoms with Crippen LogP contribution in [0.1, 0.15) is 5.56 Å². The van der Waals surface area contributed by atoms with Gasteiger partial charge in [0, 0.05) is 32.6 Å². The lowest BCUT2D eigenvalue weighted by molar-refractivity contribution is 0.00251. The second-order valence-corrected chi connectivity index (χ2v) is 4.59. The lowest BCUT2D eigenvalue weighted by Crippen LogP contribution is -2.33. The molecule has 19 heavy (non-hydrogen) atoms. The number of ether oxygens (including phenoxy) is 2. The average Bonchev–Trinajstić information content (AvgIpc) is 2.42. The van der Waals surface area contributed by atoms with Crippen LogP contribution in [-0.4, -0.2) is 68.2 Å². The van der Waals surface area contributed by atoms with Gasteiger partial charge in [0.25, 0.3) is 0 Å². The molecule has 0 bridgehead atoms. The molecule has 5 heteroatoms. The Labute approximate surface area is 115 Å². The van der Waals surface area contributed by atoms with Gasteiger partial charge in [-0.05, 0) is 31.2 Å². The highest BCUT2D eigenvalue weighted by atomic mass is 16.5. The number of aliphatic hydroxyl groups excluding tert-OH is 1. The summed E-state index contributed by atoms with van der Waals surface area (Å²) in [6, 6.07) is 4.02. The van der Waals surface area contributed by atoms with Gasteiger partial charge in [0.2, 0.25) is 0 Å². The van der Waals surface area contributed by atoms with Crippen molar-refractivity contribution in [3.63, 3.8) is 0 Å². The molecule has 0 aromatic carbocycles. The summed E-state index contributed by atoms with van der Waals surface area (Å²) in [5.74, 6) is 0. The van der Waals surface area contributed by atoms with Crippen molar-refractivity contribution < 1.29 is 14.6 Å². The Balaban J connectivity index is 2.11. The Hall–Kier alpha value is -1.01. The van der Waals surface area contributed by atoms with Crippen LogP contribution >= 0.6 is 0 Å². The van der Waals surface area contributed by atoms with Crippen LogP contribution in [0.15, 0.2) is 24.5 Å². The van der Waals surface area contributed by atoms with Crippen LogP contribution in [0.25, 0.3) is 0 Å². The summed E-state index contributed by atoms with van der Waals surface area (Å²) in [5.41, 5.74) is 1.26. The maximum atomic E-state index is 9.80. The first-order valence-corrected chi connectivity index (χ1v) is 6.54. The van der Waals surface area contributed by atoms with E-state index in [-0.39, 0.29) is 0 Å². The fourth-order valence-corrected chi connectivity index (χ4v) is 1.73. The predicted octanol–water partition coefficient (Wildman–Crippen LogP) is 0.580. The zero-order valence-corrected chi connectivity index (χ0v) is 11.8. The van der Waals surface area contributed by atoms with Crippen LogP contribution in [0.2, 0.25) is 0 Å². The third-order valence-electron chi connectivity index (χ3n) is 2.80. The first-order chi connectivity index (χ1) is 9.22. The number of methoxy groups -OCH3 is 1. The summed E-state index contributed by atoms with van der Waals surface area (Å²) in [6.07, 6.45) is 4.09. The number of likely N-dealkylation sites (N-methyl/N-ethyl adjacent to an activating group) is 1. The van der Waals surface area contributed by atoms with Crippen LogP contribution in [-0.2, 0) is 15.9 Å². The molecule has 0 aliphatic carbocycles. The summed E-state index contributed by atoms with van der Waals surface area (Å²) in [7, 11) is 3.63. The number of hydrogen-bond donors (Lipinski definition) is 1. The third-order valence-corrected chi connectivity index (χ3v) is 2.80. The smallest absolute Gasteiger partial charge is 0.0900 e. The SMILES string of the molecule is COCCOCC(O)CN(C)CCc1ccncc1. The molecule has 1 aromatic rings. The van der Waals surface area contributed by atoms with E-state index in [1.807, 2.05) is 19.2 Å². The molecule has 108 valence electrons. The molecule has 1 heterocycles. The highest BCUT2D eigenvalue weighted by Gasteiger charge is 2.08. The van der Waals surface area contributed by atoms with Crippen molar-refractivity contribution >= 4 is 0 Å². The van der Waals surface area contributed by atoms with E-state index in [0.29, 0.717) is 26.4 Å². The van der Waals surface area contributed by atoms with Crippen LogP contribution in [0.4, 0.5) is 0 Å². The van der Waals surface area contributed by atoms with Gasteiger partial charge in [0.05, 0.1) is 25.9 Å². The first kappa shape index (κ1) is 16.0. The van der Waals surface area contributed by atoms with Crippen LogP contribution in [0, 0.1) is 0 Å². The van der Waals surface area contributed by atoms with Crippen molar-refractivity contribution in [1.29, 1.82) is 0 Å². The number of aliphatic hydroxyl groups is 1. The van der Waals surface area contributed by atoms with Crippen molar-refractivity contribution in [2.45, 2.75) is 12.5 Å². The van der Waals surface area contributed by atoms with Gasteiger partial charge in [-0.25, -0.2) is 0 Å². The molecule has 0 aliphatic rings. The second kappa shape index (κ2) is 9.86. The van der Waals surface area contributed by atoms with E-state index in [1.54, 1.807) is 19.5 Å². The van der Waals surface area contributed by atoms with Gasteiger partial charge in [-0.1, -0.05) is 0 Å². The lowest BCUT2D eigenvalue weighted by atomic mass is 10.2. The number of hydrogen-bond acceptors (Lipinski definition) is 5. The normalized spacial score (nSPS) is 12.8. The fourth-order valence-electron chi connectivity index (χ4n) is 1.73. The summed E-state index contributed by atoms with van der Waals surface area (Å²) in [4.78, 5) is 6.09. The van der Waals surface area contributed by atoms with E-state index in [1.165, 1.54) is 5.56 Å². The van der Waals surface area contributed by atoms with E-state index in [4.69, 9.17) is 9.47 Å². The first-order valence-electron chi connectivity index (χ1n) is 6.54. The van der Waals surface area contributed by atoms with Crippen LogP contribution in [0.3, 0.4) is 0 Å². The second-order valence-electron chi connectivity index (χ2n) is 4.59. The van der Waals surface area contributed by atoms with Crippen molar-refractivity contribution in [3.05, 3.63) is 30.1 Å². The van der Waals surface area contributed by atoms with Gasteiger partial charge < -0.3 is 19.5 Å². The molecule has 0 saturated carbocycles. The summed E-state index contributed by atoms with van der Waals surface area (Å²) >= 11 is 0. The average molecular weight is 268 g/mol.